The van der Waals surface area contributed by atoms with E-state index in [1.807, 2.05) is 12.1 Å². The van der Waals surface area contributed by atoms with Crippen LogP contribution in [0, 0.1) is 6.92 Å². The molecular weight excluding hydrogens is 276 g/mol. The largest absolute Gasteiger partial charge is 0.463 e. The summed E-state index contributed by atoms with van der Waals surface area (Å²) < 4.78 is 5.70. The van der Waals surface area contributed by atoms with E-state index in [0.717, 1.165) is 55.7 Å². The second-order valence-corrected chi connectivity index (χ2v) is 5.74. The van der Waals surface area contributed by atoms with Crippen LogP contribution < -0.4 is 15.0 Å². The molecule has 0 bridgehead atoms. The minimum atomic E-state index is 0.493. The smallest absolute Gasteiger partial charge is 0.318 e. The van der Waals surface area contributed by atoms with Crippen LogP contribution >= 0.6 is 0 Å². The molecule has 1 aromatic carbocycles. The molecule has 1 N–H and O–H groups in total. The number of ether oxygens (including phenoxy) is 1. The van der Waals surface area contributed by atoms with Gasteiger partial charge in [0.2, 0.25) is 0 Å². The third-order valence-electron chi connectivity index (χ3n) is 3.97. The molecule has 1 aliphatic heterocycles. The Labute approximate surface area is 131 Å². The maximum atomic E-state index is 5.70. The molecule has 1 fully saturated rings. The van der Waals surface area contributed by atoms with Gasteiger partial charge < -0.3 is 15.0 Å². The molecule has 5 nitrogen and oxygen atoms in total. The highest BCUT2D eigenvalue weighted by Gasteiger charge is 2.17. The van der Waals surface area contributed by atoms with Crippen LogP contribution in [0.4, 0.5) is 5.82 Å². The van der Waals surface area contributed by atoms with Gasteiger partial charge in [0.05, 0.1) is 12.1 Å². The van der Waals surface area contributed by atoms with Crippen molar-refractivity contribution in [3.05, 3.63) is 23.8 Å². The second kappa shape index (κ2) is 6.92. The topological polar surface area (TPSA) is 50.3 Å². The number of aromatic nitrogens is 2. The van der Waals surface area contributed by atoms with Crippen molar-refractivity contribution < 1.29 is 4.74 Å². The predicted molar refractivity (Wildman–Crippen MR) is 89.8 cm³/mol. The first-order chi connectivity index (χ1) is 10.8. The van der Waals surface area contributed by atoms with Gasteiger partial charge in [-0.25, -0.2) is 0 Å². The van der Waals surface area contributed by atoms with Crippen molar-refractivity contribution in [1.82, 2.24) is 15.3 Å². The molecule has 2 heterocycles. The molecule has 0 amide bonds. The number of hydrogen-bond donors (Lipinski definition) is 1. The molecule has 0 radical (unpaired) electrons. The van der Waals surface area contributed by atoms with Gasteiger partial charge in [0, 0.05) is 25.0 Å². The lowest BCUT2D eigenvalue weighted by Crippen LogP contribution is -2.29. The molecule has 5 heteroatoms. The van der Waals surface area contributed by atoms with Gasteiger partial charge in [-0.15, -0.1) is 0 Å². The van der Waals surface area contributed by atoms with Crippen molar-refractivity contribution in [1.29, 1.82) is 0 Å². The standard InChI is InChI=1S/C17H24N4O/c1-3-12-22-17-19-14-7-4-6-13(2)15(14)16(20-17)21-10-5-8-18-9-11-21/h4,6-7,18H,3,5,8-12H2,1-2H3. The fourth-order valence-corrected chi connectivity index (χ4v) is 2.86. The Hall–Kier alpha value is -1.88. The maximum Gasteiger partial charge on any atom is 0.318 e. The highest BCUT2D eigenvalue weighted by atomic mass is 16.5. The fraction of sp³-hybridized carbons (Fsp3) is 0.529. The van der Waals surface area contributed by atoms with Crippen LogP contribution in [-0.4, -0.2) is 42.8 Å². The van der Waals surface area contributed by atoms with E-state index >= 15 is 0 Å². The number of nitrogens with one attached hydrogen (secondary N) is 1. The molecule has 2 aromatic rings. The molecule has 1 aromatic heterocycles. The first kappa shape index (κ1) is 15.0. The van der Waals surface area contributed by atoms with E-state index in [-0.39, 0.29) is 0 Å². The van der Waals surface area contributed by atoms with Crippen molar-refractivity contribution >= 4 is 16.7 Å². The molecule has 0 aliphatic carbocycles. The summed E-state index contributed by atoms with van der Waals surface area (Å²) >= 11 is 0. The van der Waals surface area contributed by atoms with Crippen LogP contribution in [0.25, 0.3) is 10.9 Å². The summed E-state index contributed by atoms with van der Waals surface area (Å²) in [6, 6.07) is 6.70. The molecule has 3 rings (SSSR count). The molecule has 0 spiro atoms. The molecule has 1 aliphatic rings. The minimum Gasteiger partial charge on any atom is -0.463 e. The van der Waals surface area contributed by atoms with E-state index in [2.05, 4.69) is 35.1 Å². The average Bonchev–Trinajstić information content (AvgIpc) is 2.81. The Balaban J connectivity index is 2.07. The number of fused-ring (bicyclic) bond motifs is 1. The van der Waals surface area contributed by atoms with Crippen molar-refractivity contribution in [2.45, 2.75) is 26.7 Å². The molecule has 1 saturated heterocycles. The lowest BCUT2D eigenvalue weighted by molar-refractivity contribution is 0.293. The van der Waals surface area contributed by atoms with Gasteiger partial charge in [0.15, 0.2) is 0 Å². The van der Waals surface area contributed by atoms with Crippen molar-refractivity contribution in [3.8, 4) is 6.01 Å². The molecule has 0 saturated carbocycles. The third kappa shape index (κ3) is 3.14. The second-order valence-electron chi connectivity index (χ2n) is 5.74. The molecular formula is C17H24N4O. The summed E-state index contributed by atoms with van der Waals surface area (Å²) in [4.78, 5) is 11.7. The number of benzene rings is 1. The van der Waals surface area contributed by atoms with Crippen LogP contribution in [0.15, 0.2) is 18.2 Å². The van der Waals surface area contributed by atoms with E-state index in [0.29, 0.717) is 12.6 Å². The number of nitrogens with zero attached hydrogens (tertiary/aromatic N) is 3. The van der Waals surface area contributed by atoms with Crippen LogP contribution in [0.5, 0.6) is 6.01 Å². The van der Waals surface area contributed by atoms with Gasteiger partial charge >= 0.3 is 6.01 Å². The van der Waals surface area contributed by atoms with Gasteiger partial charge in [-0.1, -0.05) is 19.1 Å². The monoisotopic (exact) mass is 300 g/mol. The zero-order valence-electron chi connectivity index (χ0n) is 13.4. The van der Waals surface area contributed by atoms with Gasteiger partial charge in [0.1, 0.15) is 5.82 Å². The number of rotatable bonds is 4. The van der Waals surface area contributed by atoms with Crippen LogP contribution in [0.3, 0.4) is 0 Å². The Morgan fingerprint density at radius 1 is 1.23 bits per heavy atom. The Bertz CT molecular complexity index is 636. The Morgan fingerprint density at radius 2 is 2.14 bits per heavy atom. The first-order valence-corrected chi connectivity index (χ1v) is 8.15. The van der Waals surface area contributed by atoms with E-state index in [4.69, 9.17) is 9.72 Å². The Kier molecular flexibility index (Phi) is 4.73. The van der Waals surface area contributed by atoms with Gasteiger partial charge in [-0.3, -0.25) is 0 Å². The average molecular weight is 300 g/mol. The van der Waals surface area contributed by atoms with Crippen LogP contribution in [0.2, 0.25) is 0 Å². The van der Waals surface area contributed by atoms with E-state index in [9.17, 15) is 0 Å². The quantitative estimate of drug-likeness (QED) is 0.940. The SMILES string of the molecule is CCCOc1nc(N2CCCNCC2)c2c(C)cccc2n1. The van der Waals surface area contributed by atoms with E-state index < -0.39 is 0 Å². The van der Waals surface area contributed by atoms with Crippen molar-refractivity contribution in [3.63, 3.8) is 0 Å². The van der Waals surface area contributed by atoms with E-state index in [1.165, 1.54) is 5.56 Å². The van der Waals surface area contributed by atoms with Crippen LogP contribution in [0.1, 0.15) is 25.3 Å². The maximum absolute atomic E-state index is 5.70. The highest BCUT2D eigenvalue weighted by Crippen LogP contribution is 2.29. The van der Waals surface area contributed by atoms with Crippen LogP contribution in [-0.2, 0) is 0 Å². The molecule has 118 valence electrons. The summed E-state index contributed by atoms with van der Waals surface area (Å²) in [6.07, 6.45) is 2.08. The fourth-order valence-electron chi connectivity index (χ4n) is 2.86. The summed E-state index contributed by atoms with van der Waals surface area (Å²) in [7, 11) is 0. The molecule has 0 unspecified atom stereocenters. The number of aryl methyl sites for hydroxylation is 1. The highest BCUT2D eigenvalue weighted by molar-refractivity contribution is 5.92. The summed E-state index contributed by atoms with van der Waals surface area (Å²) in [5, 5.41) is 4.59. The zero-order valence-corrected chi connectivity index (χ0v) is 13.4. The first-order valence-electron chi connectivity index (χ1n) is 8.15. The van der Waals surface area contributed by atoms with E-state index in [1.54, 1.807) is 0 Å². The molecule has 22 heavy (non-hydrogen) atoms. The number of anilines is 1. The minimum absolute atomic E-state index is 0.493. The summed E-state index contributed by atoms with van der Waals surface area (Å²) in [5.74, 6) is 1.01. The lowest BCUT2D eigenvalue weighted by atomic mass is 10.1. The Morgan fingerprint density at radius 3 is 3.00 bits per heavy atom. The number of hydrogen-bond acceptors (Lipinski definition) is 5. The van der Waals surface area contributed by atoms with Gasteiger partial charge in [-0.05, 0) is 37.9 Å². The molecule has 0 atom stereocenters. The summed E-state index contributed by atoms with van der Waals surface area (Å²) in [6.45, 7) is 8.90. The van der Waals surface area contributed by atoms with Crippen molar-refractivity contribution in [2.24, 2.45) is 0 Å². The van der Waals surface area contributed by atoms with Gasteiger partial charge in [-0.2, -0.15) is 9.97 Å². The third-order valence-corrected chi connectivity index (χ3v) is 3.97. The van der Waals surface area contributed by atoms with Crippen molar-refractivity contribution in [2.75, 3.05) is 37.7 Å². The normalized spacial score (nSPS) is 15.8. The lowest BCUT2D eigenvalue weighted by Gasteiger charge is -2.23. The predicted octanol–water partition coefficient (Wildman–Crippen LogP) is 2.53. The summed E-state index contributed by atoms with van der Waals surface area (Å²) in [5.41, 5.74) is 2.18. The van der Waals surface area contributed by atoms with Gasteiger partial charge in [0.25, 0.3) is 0 Å². The zero-order chi connectivity index (χ0) is 15.4.